The van der Waals surface area contributed by atoms with Crippen molar-refractivity contribution in [3.05, 3.63) is 59.7 Å². The van der Waals surface area contributed by atoms with Gasteiger partial charge in [0.25, 0.3) is 5.91 Å². The van der Waals surface area contributed by atoms with Gasteiger partial charge in [0.1, 0.15) is 5.75 Å². The molecule has 146 valence electrons. The van der Waals surface area contributed by atoms with Gasteiger partial charge in [-0.2, -0.15) is 0 Å². The molecule has 0 aliphatic carbocycles. The molecule has 0 heterocycles. The summed E-state index contributed by atoms with van der Waals surface area (Å²) in [5, 5.41) is 2.87. The lowest BCUT2D eigenvalue weighted by Crippen LogP contribution is -2.38. The molecule has 1 amide bonds. The fourth-order valence-corrected chi connectivity index (χ4v) is 4.26. The van der Waals surface area contributed by atoms with E-state index in [1.165, 1.54) is 0 Å². The van der Waals surface area contributed by atoms with Crippen molar-refractivity contribution < 1.29 is 17.9 Å². The maximum absolute atomic E-state index is 12.4. The smallest absolute Gasteiger partial charge is 0.258 e. The van der Waals surface area contributed by atoms with Crippen LogP contribution in [0.4, 0.5) is 0 Å². The van der Waals surface area contributed by atoms with Crippen LogP contribution in [0, 0.1) is 13.8 Å². The van der Waals surface area contributed by atoms with Crippen LogP contribution >= 0.6 is 0 Å². The van der Waals surface area contributed by atoms with Crippen LogP contribution in [0.25, 0.3) is 0 Å². The second-order valence-electron chi connectivity index (χ2n) is 6.60. The number of amides is 1. The first kappa shape index (κ1) is 21.0. The lowest BCUT2D eigenvalue weighted by molar-refractivity contribution is -0.123. The van der Waals surface area contributed by atoms with E-state index in [0.717, 1.165) is 11.1 Å². The van der Waals surface area contributed by atoms with Crippen molar-refractivity contribution in [1.29, 1.82) is 0 Å². The van der Waals surface area contributed by atoms with Crippen LogP contribution in [0.1, 0.15) is 30.9 Å². The van der Waals surface area contributed by atoms with E-state index in [2.05, 4.69) is 5.32 Å². The standard InChI is InChI=1S/C21H27NO4S/c1-4-18(13-14-27(24,25)19-11-6-5-7-12-19)22-20(23)15-26-21-16(2)9-8-10-17(21)3/h5-12,18H,4,13-15H2,1-3H3,(H,22,23). The van der Waals surface area contributed by atoms with E-state index in [1.807, 2.05) is 39.0 Å². The molecule has 0 aromatic heterocycles. The van der Waals surface area contributed by atoms with Crippen molar-refractivity contribution >= 4 is 15.7 Å². The topological polar surface area (TPSA) is 72.5 Å². The van der Waals surface area contributed by atoms with Crippen molar-refractivity contribution in [3.8, 4) is 5.75 Å². The SMILES string of the molecule is CCC(CCS(=O)(=O)c1ccccc1)NC(=O)COc1c(C)cccc1C. The fraction of sp³-hybridized carbons (Fsp3) is 0.381. The average Bonchev–Trinajstić information content (AvgIpc) is 2.65. The molecule has 27 heavy (non-hydrogen) atoms. The Morgan fingerprint density at radius 3 is 2.26 bits per heavy atom. The van der Waals surface area contributed by atoms with Gasteiger partial charge in [-0.15, -0.1) is 0 Å². The third kappa shape index (κ3) is 6.10. The van der Waals surface area contributed by atoms with Crippen molar-refractivity contribution in [1.82, 2.24) is 5.32 Å². The lowest BCUT2D eigenvalue weighted by atomic mass is 10.1. The van der Waals surface area contributed by atoms with Gasteiger partial charge < -0.3 is 10.1 Å². The highest BCUT2D eigenvalue weighted by atomic mass is 32.2. The highest BCUT2D eigenvalue weighted by Crippen LogP contribution is 2.22. The Balaban J connectivity index is 1.88. The molecule has 0 fully saturated rings. The van der Waals surface area contributed by atoms with Crippen LogP contribution in [0.5, 0.6) is 5.75 Å². The number of nitrogens with one attached hydrogen (secondary N) is 1. The average molecular weight is 390 g/mol. The second kappa shape index (κ2) is 9.55. The number of ether oxygens (including phenoxy) is 1. The van der Waals surface area contributed by atoms with E-state index in [1.54, 1.807) is 30.3 Å². The zero-order chi connectivity index (χ0) is 19.9. The molecule has 6 heteroatoms. The lowest BCUT2D eigenvalue weighted by Gasteiger charge is -2.18. The molecule has 0 aliphatic rings. The highest BCUT2D eigenvalue weighted by molar-refractivity contribution is 7.91. The summed E-state index contributed by atoms with van der Waals surface area (Å²) in [6, 6.07) is 14.0. The van der Waals surface area contributed by atoms with E-state index < -0.39 is 9.84 Å². The molecule has 1 unspecified atom stereocenters. The normalized spacial score (nSPS) is 12.4. The predicted octanol–water partition coefficient (Wildman–Crippen LogP) is 3.44. The first-order valence-corrected chi connectivity index (χ1v) is 10.7. The number of sulfone groups is 1. The van der Waals surface area contributed by atoms with Crippen LogP contribution in [-0.4, -0.2) is 32.7 Å². The van der Waals surface area contributed by atoms with Gasteiger partial charge in [0, 0.05) is 6.04 Å². The van der Waals surface area contributed by atoms with Gasteiger partial charge in [-0.1, -0.05) is 43.3 Å². The van der Waals surface area contributed by atoms with Gasteiger partial charge in [-0.05, 0) is 49.9 Å². The van der Waals surface area contributed by atoms with Gasteiger partial charge in [-0.25, -0.2) is 8.42 Å². The van der Waals surface area contributed by atoms with Crippen molar-refractivity contribution in [2.24, 2.45) is 0 Å². The van der Waals surface area contributed by atoms with Crippen molar-refractivity contribution in [2.75, 3.05) is 12.4 Å². The maximum Gasteiger partial charge on any atom is 0.258 e. The van der Waals surface area contributed by atoms with Crippen LogP contribution in [-0.2, 0) is 14.6 Å². The summed E-state index contributed by atoms with van der Waals surface area (Å²) in [6.45, 7) is 5.70. The second-order valence-corrected chi connectivity index (χ2v) is 8.71. The summed E-state index contributed by atoms with van der Waals surface area (Å²) in [6.07, 6.45) is 1.02. The third-order valence-corrected chi connectivity index (χ3v) is 6.22. The molecule has 1 N–H and O–H groups in total. The number of para-hydroxylation sites is 1. The number of hydrogen-bond acceptors (Lipinski definition) is 4. The van der Waals surface area contributed by atoms with Gasteiger partial charge in [-0.3, -0.25) is 4.79 Å². The van der Waals surface area contributed by atoms with Gasteiger partial charge in [0.15, 0.2) is 16.4 Å². The molecule has 0 spiro atoms. The van der Waals surface area contributed by atoms with E-state index in [4.69, 9.17) is 4.74 Å². The van der Waals surface area contributed by atoms with Crippen LogP contribution in [0.15, 0.2) is 53.4 Å². The summed E-state index contributed by atoms with van der Waals surface area (Å²) in [5.74, 6) is 0.460. The maximum atomic E-state index is 12.4. The zero-order valence-corrected chi connectivity index (χ0v) is 16.9. The molecule has 1 atom stereocenters. The van der Waals surface area contributed by atoms with Gasteiger partial charge in [0.05, 0.1) is 10.6 Å². The molecular weight excluding hydrogens is 362 g/mol. The number of benzene rings is 2. The summed E-state index contributed by atoms with van der Waals surface area (Å²) in [5.41, 5.74) is 1.95. The Bertz CT molecular complexity index is 843. The molecule has 2 rings (SSSR count). The van der Waals surface area contributed by atoms with Gasteiger partial charge in [0.2, 0.25) is 0 Å². The summed E-state index contributed by atoms with van der Waals surface area (Å²) >= 11 is 0. The van der Waals surface area contributed by atoms with Crippen molar-refractivity contribution in [3.63, 3.8) is 0 Å². The van der Waals surface area contributed by atoms with E-state index >= 15 is 0 Å². The summed E-state index contributed by atoms with van der Waals surface area (Å²) in [4.78, 5) is 12.5. The Labute approximate surface area is 161 Å². The Morgan fingerprint density at radius 2 is 1.67 bits per heavy atom. The molecule has 0 bridgehead atoms. The molecule has 0 saturated carbocycles. The number of carbonyl (C=O) groups is 1. The summed E-state index contributed by atoms with van der Waals surface area (Å²) in [7, 11) is -3.35. The first-order valence-electron chi connectivity index (χ1n) is 9.09. The number of hydrogen-bond donors (Lipinski definition) is 1. The van der Waals surface area contributed by atoms with E-state index in [-0.39, 0.29) is 24.3 Å². The van der Waals surface area contributed by atoms with Crippen LogP contribution < -0.4 is 10.1 Å². The Morgan fingerprint density at radius 1 is 1.04 bits per heavy atom. The fourth-order valence-electron chi connectivity index (χ4n) is 2.86. The summed E-state index contributed by atoms with van der Waals surface area (Å²) < 4.78 is 30.4. The minimum atomic E-state index is -3.35. The monoisotopic (exact) mass is 389 g/mol. The number of aryl methyl sites for hydroxylation is 2. The van der Waals surface area contributed by atoms with E-state index in [9.17, 15) is 13.2 Å². The third-order valence-electron chi connectivity index (χ3n) is 4.45. The molecule has 0 saturated heterocycles. The quantitative estimate of drug-likeness (QED) is 0.713. The minimum Gasteiger partial charge on any atom is -0.483 e. The molecule has 0 aliphatic heterocycles. The predicted molar refractivity (Wildman–Crippen MR) is 107 cm³/mol. The minimum absolute atomic E-state index is 0.00639. The zero-order valence-electron chi connectivity index (χ0n) is 16.1. The van der Waals surface area contributed by atoms with E-state index in [0.29, 0.717) is 23.5 Å². The Hall–Kier alpha value is -2.34. The molecule has 2 aromatic carbocycles. The van der Waals surface area contributed by atoms with Crippen LogP contribution in [0.3, 0.4) is 0 Å². The number of rotatable bonds is 9. The first-order chi connectivity index (χ1) is 12.8. The van der Waals surface area contributed by atoms with Crippen molar-refractivity contribution in [2.45, 2.75) is 44.6 Å². The highest BCUT2D eigenvalue weighted by Gasteiger charge is 2.18. The largest absolute Gasteiger partial charge is 0.483 e. The Kier molecular flexibility index (Phi) is 7.42. The molecule has 2 aromatic rings. The van der Waals surface area contributed by atoms with Gasteiger partial charge >= 0.3 is 0 Å². The molecule has 5 nitrogen and oxygen atoms in total. The number of carbonyl (C=O) groups excluding carboxylic acids is 1. The molecular formula is C21H27NO4S. The van der Waals surface area contributed by atoms with Crippen LogP contribution in [0.2, 0.25) is 0 Å². The molecule has 0 radical (unpaired) electrons.